The number of benzene rings is 1. The van der Waals surface area contributed by atoms with Gasteiger partial charge >= 0.3 is 0 Å². The zero-order valence-electron chi connectivity index (χ0n) is 7.50. The number of thiophene rings is 1. The van der Waals surface area contributed by atoms with Crippen LogP contribution in [0.5, 0.6) is 5.75 Å². The summed E-state index contributed by atoms with van der Waals surface area (Å²) in [5.74, 6) is 0.434. The predicted octanol–water partition coefficient (Wildman–Crippen LogP) is 3.64. The molecule has 68 valence electrons. The Morgan fingerprint density at radius 2 is 2.15 bits per heavy atom. The van der Waals surface area contributed by atoms with Crippen molar-refractivity contribution in [3.63, 3.8) is 0 Å². The Labute approximate surface area is 85.4 Å². The molecule has 1 heterocycles. The minimum atomic E-state index is 0.434. The molecule has 0 fully saturated rings. The number of aryl methyl sites for hydroxylation is 1. The molecule has 0 saturated heterocycles. The fourth-order valence-electron chi connectivity index (χ4n) is 1.41. The number of hydrogen-bond donors (Lipinski definition) is 1. The fraction of sp³-hybridized carbons (Fsp3) is 0.200. The number of rotatable bonds is 1. The first-order valence-electron chi connectivity index (χ1n) is 3.98. The summed E-state index contributed by atoms with van der Waals surface area (Å²) in [5, 5.41) is 13.0. The van der Waals surface area contributed by atoms with Gasteiger partial charge in [0.05, 0.1) is 0 Å². The van der Waals surface area contributed by atoms with Gasteiger partial charge < -0.3 is 5.11 Å². The summed E-state index contributed by atoms with van der Waals surface area (Å²) >= 11 is 3.26. The molecule has 0 amide bonds. The number of phenols is 1. The maximum absolute atomic E-state index is 9.91. The van der Waals surface area contributed by atoms with Crippen LogP contribution in [-0.2, 0) is 0 Å². The number of phenolic OH excluding ortho intramolecular Hbond substituents is 1. The van der Waals surface area contributed by atoms with E-state index in [-0.39, 0.29) is 0 Å². The van der Waals surface area contributed by atoms with Crippen molar-refractivity contribution < 1.29 is 5.11 Å². The molecule has 0 bridgehead atoms. The monoisotopic (exact) mass is 210 g/mol. The van der Waals surface area contributed by atoms with Gasteiger partial charge in [-0.3, -0.25) is 0 Å². The quantitative estimate of drug-likeness (QED) is 0.725. The van der Waals surface area contributed by atoms with Crippen LogP contribution in [0.1, 0.15) is 5.56 Å². The van der Waals surface area contributed by atoms with Crippen molar-refractivity contribution in [3.05, 3.63) is 23.1 Å². The van der Waals surface area contributed by atoms with Crippen LogP contribution in [0.25, 0.3) is 10.1 Å². The Bertz CT molecular complexity index is 445. The van der Waals surface area contributed by atoms with Crippen LogP contribution < -0.4 is 0 Å². The highest BCUT2D eigenvalue weighted by Gasteiger charge is 2.08. The third kappa shape index (κ3) is 1.32. The number of hydrogen-bond acceptors (Lipinski definition) is 3. The third-order valence-corrected chi connectivity index (χ3v) is 3.91. The lowest BCUT2D eigenvalue weighted by Gasteiger charge is -2.02. The topological polar surface area (TPSA) is 20.2 Å². The van der Waals surface area contributed by atoms with Crippen LogP contribution >= 0.6 is 23.1 Å². The normalized spacial score (nSPS) is 10.9. The van der Waals surface area contributed by atoms with Gasteiger partial charge in [0, 0.05) is 15.0 Å². The molecule has 3 heteroatoms. The standard InChI is InChI=1S/C10H10OS2/c1-6-5-13-7-3-4-8(12-2)10(11)9(6)7/h3-5,11H,1-2H3. The van der Waals surface area contributed by atoms with Gasteiger partial charge in [0.1, 0.15) is 5.75 Å². The van der Waals surface area contributed by atoms with Gasteiger partial charge in [-0.1, -0.05) is 0 Å². The Morgan fingerprint density at radius 3 is 2.85 bits per heavy atom. The summed E-state index contributed by atoms with van der Waals surface area (Å²) in [6.07, 6.45) is 1.97. The molecule has 1 aromatic carbocycles. The largest absolute Gasteiger partial charge is 0.506 e. The molecule has 2 rings (SSSR count). The van der Waals surface area contributed by atoms with Crippen LogP contribution in [-0.4, -0.2) is 11.4 Å². The maximum atomic E-state index is 9.91. The Balaban J connectivity index is 2.83. The van der Waals surface area contributed by atoms with Crippen LogP contribution in [0.15, 0.2) is 22.4 Å². The van der Waals surface area contributed by atoms with E-state index in [1.54, 1.807) is 23.1 Å². The maximum Gasteiger partial charge on any atom is 0.138 e. The lowest BCUT2D eigenvalue weighted by atomic mass is 10.2. The van der Waals surface area contributed by atoms with E-state index in [4.69, 9.17) is 0 Å². The fourth-order valence-corrected chi connectivity index (χ4v) is 2.85. The molecule has 0 spiro atoms. The summed E-state index contributed by atoms with van der Waals surface area (Å²) in [5.41, 5.74) is 1.16. The average molecular weight is 210 g/mol. The number of fused-ring (bicyclic) bond motifs is 1. The van der Waals surface area contributed by atoms with E-state index in [2.05, 4.69) is 11.4 Å². The highest BCUT2D eigenvalue weighted by molar-refractivity contribution is 7.98. The van der Waals surface area contributed by atoms with E-state index in [0.717, 1.165) is 20.5 Å². The molecule has 0 aliphatic rings. The van der Waals surface area contributed by atoms with Crippen molar-refractivity contribution in [3.8, 4) is 5.75 Å². The van der Waals surface area contributed by atoms with E-state index in [0.29, 0.717) is 5.75 Å². The van der Waals surface area contributed by atoms with E-state index in [1.807, 2.05) is 19.2 Å². The molecular formula is C10H10OS2. The zero-order valence-corrected chi connectivity index (χ0v) is 9.13. The van der Waals surface area contributed by atoms with E-state index < -0.39 is 0 Å². The van der Waals surface area contributed by atoms with Gasteiger partial charge in [-0.15, -0.1) is 23.1 Å². The second-order valence-electron chi connectivity index (χ2n) is 2.91. The lowest BCUT2D eigenvalue weighted by Crippen LogP contribution is -1.75. The SMILES string of the molecule is CSc1ccc2scc(C)c2c1O. The molecule has 0 atom stereocenters. The second kappa shape index (κ2) is 3.24. The summed E-state index contributed by atoms with van der Waals surface area (Å²) in [7, 11) is 0. The summed E-state index contributed by atoms with van der Waals surface area (Å²) in [4.78, 5) is 0.953. The van der Waals surface area contributed by atoms with E-state index in [1.165, 1.54) is 0 Å². The first-order valence-corrected chi connectivity index (χ1v) is 6.08. The lowest BCUT2D eigenvalue weighted by molar-refractivity contribution is 0.469. The highest BCUT2D eigenvalue weighted by atomic mass is 32.2. The first kappa shape index (κ1) is 8.91. The van der Waals surface area contributed by atoms with Crippen molar-refractivity contribution in [1.29, 1.82) is 0 Å². The van der Waals surface area contributed by atoms with Crippen molar-refractivity contribution in [2.24, 2.45) is 0 Å². The Kier molecular flexibility index (Phi) is 2.22. The predicted molar refractivity (Wildman–Crippen MR) is 60.0 cm³/mol. The van der Waals surface area contributed by atoms with Gasteiger partial charge in [-0.25, -0.2) is 0 Å². The number of thioether (sulfide) groups is 1. The van der Waals surface area contributed by atoms with Gasteiger partial charge in [0.15, 0.2) is 0 Å². The van der Waals surface area contributed by atoms with Gasteiger partial charge in [-0.2, -0.15) is 0 Å². The highest BCUT2D eigenvalue weighted by Crippen LogP contribution is 2.38. The van der Waals surface area contributed by atoms with Crippen molar-refractivity contribution in [2.75, 3.05) is 6.26 Å². The summed E-state index contributed by atoms with van der Waals surface area (Å²) in [6.45, 7) is 2.03. The zero-order chi connectivity index (χ0) is 9.42. The molecule has 0 aliphatic heterocycles. The molecule has 0 saturated carbocycles. The average Bonchev–Trinajstić information content (AvgIpc) is 2.49. The van der Waals surface area contributed by atoms with Crippen molar-refractivity contribution in [2.45, 2.75) is 11.8 Å². The van der Waals surface area contributed by atoms with E-state index in [9.17, 15) is 5.11 Å². The molecule has 1 nitrogen and oxygen atoms in total. The van der Waals surface area contributed by atoms with Crippen LogP contribution in [0, 0.1) is 6.92 Å². The molecule has 0 unspecified atom stereocenters. The molecule has 1 N–H and O–H groups in total. The number of aromatic hydroxyl groups is 1. The summed E-state index contributed by atoms with van der Waals surface area (Å²) in [6, 6.07) is 4.04. The van der Waals surface area contributed by atoms with Gasteiger partial charge in [0.25, 0.3) is 0 Å². The third-order valence-electron chi connectivity index (χ3n) is 2.08. The molecule has 0 aliphatic carbocycles. The second-order valence-corrected chi connectivity index (χ2v) is 4.67. The Hall–Kier alpha value is -0.670. The molecule has 2 aromatic rings. The van der Waals surface area contributed by atoms with Crippen molar-refractivity contribution >= 4 is 33.2 Å². The molecule has 0 radical (unpaired) electrons. The van der Waals surface area contributed by atoms with Crippen LogP contribution in [0.2, 0.25) is 0 Å². The van der Waals surface area contributed by atoms with E-state index >= 15 is 0 Å². The summed E-state index contributed by atoms with van der Waals surface area (Å²) < 4.78 is 1.16. The van der Waals surface area contributed by atoms with Crippen LogP contribution in [0.3, 0.4) is 0 Å². The minimum Gasteiger partial charge on any atom is -0.506 e. The molecular weight excluding hydrogens is 200 g/mol. The van der Waals surface area contributed by atoms with Gasteiger partial charge in [0.2, 0.25) is 0 Å². The van der Waals surface area contributed by atoms with Crippen LogP contribution in [0.4, 0.5) is 0 Å². The van der Waals surface area contributed by atoms with Gasteiger partial charge in [-0.05, 0) is 36.3 Å². The van der Waals surface area contributed by atoms with Crippen molar-refractivity contribution in [1.82, 2.24) is 0 Å². The first-order chi connectivity index (χ1) is 6.24. The smallest absolute Gasteiger partial charge is 0.138 e. The minimum absolute atomic E-state index is 0.434. The Morgan fingerprint density at radius 1 is 1.38 bits per heavy atom. The molecule has 13 heavy (non-hydrogen) atoms. The molecule has 1 aromatic heterocycles.